The molecule has 100 valence electrons. The Hall–Kier alpha value is -0.830. The van der Waals surface area contributed by atoms with Gasteiger partial charge in [-0.15, -0.1) is 0 Å². The monoisotopic (exact) mass is 312 g/mol. The zero-order chi connectivity index (χ0) is 13.2. The third-order valence-electron chi connectivity index (χ3n) is 2.74. The summed E-state index contributed by atoms with van der Waals surface area (Å²) in [5.74, 6) is 1.16. The van der Waals surface area contributed by atoms with Gasteiger partial charge in [-0.2, -0.15) is 0 Å². The van der Waals surface area contributed by atoms with Crippen LogP contribution in [0.4, 0.5) is 0 Å². The van der Waals surface area contributed by atoms with E-state index in [-0.39, 0.29) is 5.78 Å². The van der Waals surface area contributed by atoms with E-state index in [1.54, 1.807) is 6.92 Å². The van der Waals surface area contributed by atoms with Crippen LogP contribution in [0.25, 0.3) is 0 Å². The van der Waals surface area contributed by atoms with Gasteiger partial charge in [-0.25, -0.2) is 0 Å². The molecule has 0 aromatic heterocycles. The molecule has 0 fully saturated rings. The molecule has 2 nitrogen and oxygen atoms in total. The van der Waals surface area contributed by atoms with E-state index < -0.39 is 0 Å². The Balaban J connectivity index is 2.25. The van der Waals surface area contributed by atoms with Gasteiger partial charge in [0.15, 0.2) is 0 Å². The van der Waals surface area contributed by atoms with Crippen molar-refractivity contribution in [2.75, 3.05) is 11.9 Å². The van der Waals surface area contributed by atoms with Crippen molar-refractivity contribution in [2.45, 2.75) is 39.0 Å². The number of hydrogen-bond donors (Lipinski definition) is 0. The van der Waals surface area contributed by atoms with Crippen molar-refractivity contribution in [3.63, 3.8) is 0 Å². The highest BCUT2D eigenvalue weighted by Crippen LogP contribution is 2.14. The van der Waals surface area contributed by atoms with Crippen molar-refractivity contribution in [1.29, 1.82) is 0 Å². The second-order valence-corrected chi connectivity index (χ2v) is 5.24. The van der Waals surface area contributed by atoms with E-state index in [1.165, 1.54) is 18.4 Å². The van der Waals surface area contributed by atoms with Crippen LogP contribution in [0.15, 0.2) is 24.3 Å². The molecular weight excluding hydrogens is 292 g/mol. The quantitative estimate of drug-likeness (QED) is 0.505. The number of rotatable bonds is 9. The summed E-state index contributed by atoms with van der Waals surface area (Å²) in [4.78, 5) is 10.9. The van der Waals surface area contributed by atoms with Crippen molar-refractivity contribution in [3.05, 3.63) is 29.8 Å². The Labute approximate surface area is 118 Å². The van der Waals surface area contributed by atoms with Gasteiger partial charge in [0.1, 0.15) is 11.5 Å². The average Bonchev–Trinajstić information content (AvgIpc) is 2.37. The van der Waals surface area contributed by atoms with Crippen LogP contribution in [0.1, 0.15) is 38.2 Å². The topological polar surface area (TPSA) is 26.3 Å². The lowest BCUT2D eigenvalue weighted by Crippen LogP contribution is -1.98. The molecule has 0 saturated carbocycles. The minimum atomic E-state index is 0.238. The molecule has 0 saturated heterocycles. The van der Waals surface area contributed by atoms with Crippen LogP contribution in [0, 0.1) is 0 Å². The predicted octanol–water partition coefficient (Wildman–Crippen LogP) is 4.15. The maximum atomic E-state index is 10.9. The largest absolute Gasteiger partial charge is 0.494 e. The molecule has 0 unspecified atom stereocenters. The fourth-order valence-electron chi connectivity index (χ4n) is 1.64. The van der Waals surface area contributed by atoms with Gasteiger partial charge in [0.25, 0.3) is 0 Å². The number of ketones is 1. The summed E-state index contributed by atoms with van der Waals surface area (Å²) in [6.45, 7) is 2.41. The SMILES string of the molecule is CC(=O)CCc1ccc(OCCCCCBr)cc1. The lowest BCUT2D eigenvalue weighted by atomic mass is 10.1. The van der Waals surface area contributed by atoms with Gasteiger partial charge in [0, 0.05) is 11.8 Å². The second kappa shape index (κ2) is 9.15. The molecule has 1 aromatic rings. The molecular formula is C15H21BrO2. The summed E-state index contributed by atoms with van der Waals surface area (Å²) in [6, 6.07) is 8.05. The second-order valence-electron chi connectivity index (χ2n) is 4.44. The first kappa shape index (κ1) is 15.2. The van der Waals surface area contributed by atoms with Crippen molar-refractivity contribution < 1.29 is 9.53 Å². The Morgan fingerprint density at radius 2 is 1.89 bits per heavy atom. The third-order valence-corrected chi connectivity index (χ3v) is 3.30. The number of Topliss-reactive ketones (excluding diaryl/α,β-unsaturated/α-hetero) is 1. The van der Waals surface area contributed by atoms with Crippen molar-refractivity contribution in [1.82, 2.24) is 0 Å². The maximum Gasteiger partial charge on any atom is 0.130 e. The van der Waals surface area contributed by atoms with Gasteiger partial charge >= 0.3 is 0 Å². The number of hydrogen-bond acceptors (Lipinski definition) is 2. The van der Waals surface area contributed by atoms with Crippen molar-refractivity contribution >= 4 is 21.7 Å². The van der Waals surface area contributed by atoms with Crippen LogP contribution in [-0.4, -0.2) is 17.7 Å². The number of alkyl halides is 1. The van der Waals surface area contributed by atoms with Gasteiger partial charge in [-0.3, -0.25) is 0 Å². The van der Waals surface area contributed by atoms with Crippen LogP contribution in [0.5, 0.6) is 5.75 Å². The molecule has 0 spiro atoms. The first-order valence-electron chi connectivity index (χ1n) is 6.49. The van der Waals surface area contributed by atoms with Gasteiger partial charge < -0.3 is 9.53 Å². The Morgan fingerprint density at radius 1 is 1.17 bits per heavy atom. The maximum absolute atomic E-state index is 10.9. The van der Waals surface area contributed by atoms with Crippen LogP contribution in [-0.2, 0) is 11.2 Å². The number of carbonyl (C=O) groups excluding carboxylic acids is 1. The summed E-state index contributed by atoms with van der Waals surface area (Å²) in [7, 11) is 0. The first-order valence-corrected chi connectivity index (χ1v) is 7.61. The van der Waals surface area contributed by atoms with E-state index in [0.717, 1.165) is 30.5 Å². The van der Waals surface area contributed by atoms with E-state index in [1.807, 2.05) is 24.3 Å². The number of halogens is 1. The molecule has 0 radical (unpaired) electrons. The summed E-state index contributed by atoms with van der Waals surface area (Å²) < 4.78 is 5.65. The normalized spacial score (nSPS) is 10.3. The molecule has 3 heteroatoms. The Bertz CT molecular complexity index is 346. The highest BCUT2D eigenvalue weighted by Gasteiger charge is 1.98. The number of benzene rings is 1. The number of ether oxygens (including phenoxy) is 1. The van der Waals surface area contributed by atoms with Gasteiger partial charge in [-0.05, 0) is 50.3 Å². The number of carbonyl (C=O) groups is 1. The molecule has 0 aliphatic heterocycles. The van der Waals surface area contributed by atoms with E-state index in [4.69, 9.17) is 4.74 Å². The number of unbranched alkanes of at least 4 members (excludes halogenated alkanes) is 2. The first-order chi connectivity index (χ1) is 8.72. The highest BCUT2D eigenvalue weighted by molar-refractivity contribution is 9.09. The molecule has 0 heterocycles. The highest BCUT2D eigenvalue weighted by atomic mass is 79.9. The van der Waals surface area contributed by atoms with Gasteiger partial charge in [-0.1, -0.05) is 28.1 Å². The van der Waals surface area contributed by atoms with Crippen LogP contribution >= 0.6 is 15.9 Å². The fourth-order valence-corrected chi connectivity index (χ4v) is 2.03. The summed E-state index contributed by atoms with van der Waals surface area (Å²) >= 11 is 3.41. The minimum absolute atomic E-state index is 0.238. The molecule has 0 amide bonds. The molecule has 0 N–H and O–H groups in total. The number of aryl methyl sites for hydroxylation is 1. The van der Waals surface area contributed by atoms with Crippen molar-refractivity contribution in [2.24, 2.45) is 0 Å². The molecule has 0 atom stereocenters. The molecule has 0 bridgehead atoms. The van der Waals surface area contributed by atoms with Crippen LogP contribution < -0.4 is 4.74 Å². The lowest BCUT2D eigenvalue weighted by molar-refractivity contribution is -0.116. The fraction of sp³-hybridized carbons (Fsp3) is 0.533. The molecule has 1 rings (SSSR count). The predicted molar refractivity (Wildman–Crippen MR) is 78.6 cm³/mol. The van der Waals surface area contributed by atoms with E-state index in [9.17, 15) is 4.79 Å². The van der Waals surface area contributed by atoms with Gasteiger partial charge in [0.2, 0.25) is 0 Å². The smallest absolute Gasteiger partial charge is 0.130 e. The standard InChI is InChI=1S/C15H21BrO2/c1-13(17)5-6-14-7-9-15(10-8-14)18-12-4-2-3-11-16/h7-10H,2-6,11-12H2,1H3. The van der Waals surface area contributed by atoms with E-state index in [0.29, 0.717) is 6.42 Å². The van der Waals surface area contributed by atoms with Crippen LogP contribution in [0.2, 0.25) is 0 Å². The molecule has 0 aliphatic rings. The Morgan fingerprint density at radius 3 is 2.50 bits per heavy atom. The zero-order valence-corrected chi connectivity index (χ0v) is 12.5. The lowest BCUT2D eigenvalue weighted by Gasteiger charge is -2.06. The zero-order valence-electron chi connectivity index (χ0n) is 11.0. The molecule has 0 aliphatic carbocycles. The van der Waals surface area contributed by atoms with E-state index in [2.05, 4.69) is 15.9 Å². The van der Waals surface area contributed by atoms with Gasteiger partial charge in [0.05, 0.1) is 6.61 Å². The molecule has 18 heavy (non-hydrogen) atoms. The van der Waals surface area contributed by atoms with E-state index >= 15 is 0 Å². The summed E-state index contributed by atoms with van der Waals surface area (Å²) in [6.07, 6.45) is 4.93. The third kappa shape index (κ3) is 6.80. The minimum Gasteiger partial charge on any atom is -0.494 e. The van der Waals surface area contributed by atoms with Crippen molar-refractivity contribution in [3.8, 4) is 5.75 Å². The summed E-state index contributed by atoms with van der Waals surface area (Å²) in [5, 5.41) is 1.07. The summed E-state index contributed by atoms with van der Waals surface area (Å²) in [5.41, 5.74) is 1.19. The molecule has 1 aromatic carbocycles. The Kier molecular flexibility index (Phi) is 7.74. The van der Waals surface area contributed by atoms with Crippen LogP contribution in [0.3, 0.4) is 0 Å². The average molecular weight is 313 g/mol.